The largest absolute Gasteiger partial charge is 0.497 e. The number of ether oxygens (including phenoxy) is 1. The Morgan fingerprint density at radius 1 is 0.826 bits per heavy atom. The minimum atomic E-state index is 0.823. The molecule has 4 rings (SSSR count). The van der Waals surface area contributed by atoms with E-state index in [4.69, 9.17) is 9.84 Å². The van der Waals surface area contributed by atoms with E-state index in [-0.39, 0.29) is 0 Å². The van der Waals surface area contributed by atoms with Crippen LogP contribution in [-0.4, -0.2) is 16.9 Å². The Balaban J connectivity index is 1.98. The molecule has 1 heterocycles. The van der Waals surface area contributed by atoms with Gasteiger partial charge in [-0.2, -0.15) is 5.10 Å². The van der Waals surface area contributed by atoms with Gasteiger partial charge in [0.1, 0.15) is 11.4 Å². The minimum Gasteiger partial charge on any atom is -0.497 e. The molecule has 0 spiro atoms. The third-order valence-corrected chi connectivity index (χ3v) is 3.93. The molecule has 112 valence electrons. The van der Waals surface area contributed by atoms with Crippen molar-refractivity contribution in [3.8, 4) is 22.7 Å². The number of nitrogens with zero attached hydrogens (tertiary/aromatic N) is 2. The molecule has 0 amide bonds. The lowest BCUT2D eigenvalue weighted by Crippen LogP contribution is -1.97. The van der Waals surface area contributed by atoms with E-state index in [2.05, 4.69) is 24.3 Å². The number of para-hydroxylation sites is 1. The zero-order chi connectivity index (χ0) is 15.6. The highest BCUT2D eigenvalue weighted by atomic mass is 16.5. The minimum absolute atomic E-state index is 0.823. The highest BCUT2D eigenvalue weighted by molar-refractivity contribution is 5.94. The Kier molecular flexibility index (Phi) is 3.31. The summed E-state index contributed by atoms with van der Waals surface area (Å²) in [7, 11) is 1.68. The predicted octanol–water partition coefficient (Wildman–Crippen LogP) is 4.70. The van der Waals surface area contributed by atoms with Crippen molar-refractivity contribution in [1.82, 2.24) is 9.78 Å². The van der Waals surface area contributed by atoms with E-state index < -0.39 is 0 Å². The summed E-state index contributed by atoms with van der Waals surface area (Å²) >= 11 is 0. The molecule has 0 bridgehead atoms. The van der Waals surface area contributed by atoms with Gasteiger partial charge in [-0.25, -0.2) is 4.68 Å². The van der Waals surface area contributed by atoms with Gasteiger partial charge < -0.3 is 4.74 Å². The lowest BCUT2D eigenvalue weighted by Gasteiger charge is -2.05. The topological polar surface area (TPSA) is 27.1 Å². The van der Waals surface area contributed by atoms with Crippen molar-refractivity contribution in [3.63, 3.8) is 0 Å². The highest BCUT2D eigenvalue weighted by Crippen LogP contribution is 2.30. The standard InChI is InChI=1S/C20H16N2O/c1-23-17-11-7-10-16(14-17)22-19-13-6-5-12-18(19)20(21-22)15-8-3-2-4-9-15/h2-14H,1H3. The number of aromatic nitrogens is 2. The molecule has 3 heteroatoms. The molecule has 0 saturated carbocycles. The Morgan fingerprint density at radius 3 is 2.43 bits per heavy atom. The molecule has 3 aromatic carbocycles. The van der Waals surface area contributed by atoms with Crippen LogP contribution in [0.25, 0.3) is 27.8 Å². The predicted molar refractivity (Wildman–Crippen MR) is 93.1 cm³/mol. The van der Waals surface area contributed by atoms with E-state index in [1.165, 1.54) is 0 Å². The normalized spacial score (nSPS) is 10.8. The average molecular weight is 300 g/mol. The van der Waals surface area contributed by atoms with Gasteiger partial charge in [-0.05, 0) is 18.2 Å². The van der Waals surface area contributed by atoms with Crippen molar-refractivity contribution < 1.29 is 4.74 Å². The van der Waals surface area contributed by atoms with E-state index in [1.54, 1.807) is 7.11 Å². The van der Waals surface area contributed by atoms with Gasteiger partial charge in [0.25, 0.3) is 0 Å². The molecule has 0 aliphatic heterocycles. The molecule has 0 atom stereocenters. The fourth-order valence-corrected chi connectivity index (χ4v) is 2.81. The van der Waals surface area contributed by atoms with Crippen molar-refractivity contribution in [3.05, 3.63) is 78.9 Å². The number of benzene rings is 3. The Labute approximate surface area is 134 Å². The second-order valence-corrected chi connectivity index (χ2v) is 5.35. The fraction of sp³-hybridized carbons (Fsp3) is 0.0500. The Hall–Kier alpha value is -3.07. The first kappa shape index (κ1) is 13.6. The van der Waals surface area contributed by atoms with E-state index in [1.807, 2.05) is 59.3 Å². The number of fused-ring (bicyclic) bond motifs is 1. The summed E-state index contributed by atoms with van der Waals surface area (Å²) in [6, 6.07) is 26.5. The molecule has 4 aromatic rings. The summed E-state index contributed by atoms with van der Waals surface area (Å²) in [5.41, 5.74) is 4.18. The summed E-state index contributed by atoms with van der Waals surface area (Å²) < 4.78 is 7.31. The van der Waals surface area contributed by atoms with Gasteiger partial charge in [0.2, 0.25) is 0 Å². The smallest absolute Gasteiger partial charge is 0.121 e. The van der Waals surface area contributed by atoms with E-state index in [0.717, 1.165) is 33.6 Å². The van der Waals surface area contributed by atoms with Crippen molar-refractivity contribution in [1.29, 1.82) is 0 Å². The molecule has 0 unspecified atom stereocenters. The third kappa shape index (κ3) is 2.36. The third-order valence-electron chi connectivity index (χ3n) is 3.93. The monoisotopic (exact) mass is 300 g/mol. The lowest BCUT2D eigenvalue weighted by atomic mass is 10.1. The second kappa shape index (κ2) is 5.61. The number of methoxy groups -OCH3 is 1. The van der Waals surface area contributed by atoms with Crippen LogP contribution in [0.15, 0.2) is 78.9 Å². The first-order chi connectivity index (χ1) is 11.4. The zero-order valence-electron chi connectivity index (χ0n) is 12.8. The summed E-state index contributed by atoms with van der Waals surface area (Å²) in [6.45, 7) is 0. The van der Waals surface area contributed by atoms with Crippen LogP contribution < -0.4 is 4.74 Å². The van der Waals surface area contributed by atoms with Crippen LogP contribution in [0.1, 0.15) is 0 Å². The van der Waals surface area contributed by atoms with Crippen molar-refractivity contribution >= 4 is 10.9 Å². The van der Waals surface area contributed by atoms with Crippen LogP contribution in [-0.2, 0) is 0 Å². The van der Waals surface area contributed by atoms with Crippen molar-refractivity contribution in [2.24, 2.45) is 0 Å². The molecule has 0 fully saturated rings. The quantitative estimate of drug-likeness (QED) is 0.548. The van der Waals surface area contributed by atoms with Gasteiger partial charge >= 0.3 is 0 Å². The molecule has 0 N–H and O–H groups in total. The molecular formula is C20H16N2O. The van der Waals surface area contributed by atoms with Crippen LogP contribution in [0.2, 0.25) is 0 Å². The van der Waals surface area contributed by atoms with E-state index in [9.17, 15) is 0 Å². The average Bonchev–Trinajstić information content (AvgIpc) is 3.02. The van der Waals surface area contributed by atoms with Crippen LogP contribution >= 0.6 is 0 Å². The van der Waals surface area contributed by atoms with Crippen molar-refractivity contribution in [2.45, 2.75) is 0 Å². The summed E-state index contributed by atoms with van der Waals surface area (Å²) in [6.07, 6.45) is 0. The first-order valence-corrected chi connectivity index (χ1v) is 7.54. The summed E-state index contributed by atoms with van der Waals surface area (Å²) in [4.78, 5) is 0. The number of rotatable bonds is 3. The van der Waals surface area contributed by atoms with Gasteiger partial charge in [0.15, 0.2) is 0 Å². The first-order valence-electron chi connectivity index (χ1n) is 7.54. The maximum Gasteiger partial charge on any atom is 0.121 e. The van der Waals surface area contributed by atoms with E-state index >= 15 is 0 Å². The number of hydrogen-bond donors (Lipinski definition) is 0. The van der Waals surface area contributed by atoms with Gasteiger partial charge in [0, 0.05) is 17.0 Å². The highest BCUT2D eigenvalue weighted by Gasteiger charge is 2.13. The summed E-state index contributed by atoms with van der Waals surface area (Å²) in [5.74, 6) is 0.823. The Morgan fingerprint density at radius 2 is 1.61 bits per heavy atom. The lowest BCUT2D eigenvalue weighted by molar-refractivity contribution is 0.414. The van der Waals surface area contributed by atoms with Crippen LogP contribution in [0.3, 0.4) is 0 Å². The zero-order valence-corrected chi connectivity index (χ0v) is 12.8. The van der Waals surface area contributed by atoms with Gasteiger partial charge in [-0.15, -0.1) is 0 Å². The van der Waals surface area contributed by atoms with E-state index in [0.29, 0.717) is 0 Å². The van der Waals surface area contributed by atoms with Crippen LogP contribution in [0.4, 0.5) is 0 Å². The molecule has 0 aliphatic carbocycles. The SMILES string of the molecule is COc1cccc(-n2nc(-c3ccccc3)c3ccccc32)c1. The van der Waals surface area contributed by atoms with Gasteiger partial charge in [-0.3, -0.25) is 0 Å². The van der Waals surface area contributed by atoms with Gasteiger partial charge in [-0.1, -0.05) is 54.6 Å². The second-order valence-electron chi connectivity index (χ2n) is 5.35. The van der Waals surface area contributed by atoms with Crippen LogP contribution in [0.5, 0.6) is 5.75 Å². The molecule has 1 aromatic heterocycles. The molecular weight excluding hydrogens is 284 g/mol. The maximum atomic E-state index is 5.34. The Bertz CT molecular complexity index is 958. The number of hydrogen-bond acceptors (Lipinski definition) is 2. The molecule has 0 radical (unpaired) electrons. The van der Waals surface area contributed by atoms with Crippen molar-refractivity contribution in [2.75, 3.05) is 7.11 Å². The van der Waals surface area contributed by atoms with Crippen LogP contribution in [0, 0.1) is 0 Å². The van der Waals surface area contributed by atoms with Gasteiger partial charge in [0.05, 0.1) is 18.3 Å². The fourth-order valence-electron chi connectivity index (χ4n) is 2.81. The molecule has 23 heavy (non-hydrogen) atoms. The molecule has 0 aliphatic rings. The summed E-state index contributed by atoms with van der Waals surface area (Å²) in [5, 5.41) is 6.01. The molecule has 3 nitrogen and oxygen atoms in total. The molecule has 0 saturated heterocycles. The maximum absolute atomic E-state index is 5.34.